The van der Waals surface area contributed by atoms with E-state index in [2.05, 4.69) is 4.98 Å². The van der Waals surface area contributed by atoms with Crippen molar-refractivity contribution in [3.05, 3.63) is 59.5 Å². The Morgan fingerprint density at radius 3 is 2.43 bits per heavy atom. The predicted octanol–water partition coefficient (Wildman–Crippen LogP) is 3.96. The van der Waals surface area contributed by atoms with E-state index in [1.165, 1.54) is 15.6 Å². The van der Waals surface area contributed by atoms with Crippen LogP contribution >= 0.6 is 11.3 Å². The summed E-state index contributed by atoms with van der Waals surface area (Å²) in [5.41, 5.74) is 2.50. The molecule has 2 aromatic carbocycles. The van der Waals surface area contributed by atoms with Gasteiger partial charge in [0, 0.05) is 29.6 Å². The zero-order chi connectivity index (χ0) is 19.7. The minimum Gasteiger partial charge on any atom is -0.478 e. The normalized spacial score (nSPS) is 15.0. The van der Waals surface area contributed by atoms with Gasteiger partial charge in [-0.1, -0.05) is 24.3 Å². The van der Waals surface area contributed by atoms with Gasteiger partial charge in [-0.3, -0.25) is 0 Å². The number of hydrogen-bond acceptors (Lipinski definition) is 5. The Kier molecular flexibility index (Phi) is 5.01. The minimum atomic E-state index is -3.43. The zero-order valence-electron chi connectivity index (χ0n) is 14.9. The van der Waals surface area contributed by atoms with Crippen molar-refractivity contribution in [3.8, 4) is 21.8 Å². The lowest BCUT2D eigenvalue weighted by Crippen LogP contribution is -2.27. The molecule has 144 valence electrons. The van der Waals surface area contributed by atoms with Gasteiger partial charge in [0.25, 0.3) is 0 Å². The van der Waals surface area contributed by atoms with Crippen molar-refractivity contribution in [1.82, 2.24) is 9.29 Å². The summed E-state index contributed by atoms with van der Waals surface area (Å²) in [7, 11) is -3.43. The molecule has 0 unspecified atom stereocenters. The van der Waals surface area contributed by atoms with Crippen molar-refractivity contribution >= 4 is 27.3 Å². The number of sulfonamides is 1. The first kappa shape index (κ1) is 18.8. The van der Waals surface area contributed by atoms with Gasteiger partial charge in [-0.05, 0) is 37.1 Å². The number of rotatable bonds is 5. The molecule has 0 amide bonds. The van der Waals surface area contributed by atoms with E-state index in [1.54, 1.807) is 42.5 Å². The van der Waals surface area contributed by atoms with Gasteiger partial charge in [-0.25, -0.2) is 18.2 Å². The molecule has 2 heterocycles. The second-order valence-corrected chi connectivity index (χ2v) is 9.36. The second-order valence-electron chi connectivity index (χ2n) is 6.56. The van der Waals surface area contributed by atoms with Crippen molar-refractivity contribution in [2.45, 2.75) is 17.7 Å². The van der Waals surface area contributed by atoms with Crippen LogP contribution < -0.4 is 0 Å². The highest BCUT2D eigenvalue weighted by molar-refractivity contribution is 7.89. The summed E-state index contributed by atoms with van der Waals surface area (Å²) in [6, 6.07) is 13.4. The third-order valence-corrected chi connectivity index (χ3v) is 7.52. The van der Waals surface area contributed by atoms with Gasteiger partial charge < -0.3 is 5.11 Å². The van der Waals surface area contributed by atoms with Crippen molar-refractivity contribution in [2.24, 2.45) is 0 Å². The first-order valence-electron chi connectivity index (χ1n) is 8.85. The number of carbonyl (C=O) groups is 1. The fourth-order valence-corrected chi connectivity index (χ4v) is 5.54. The largest absolute Gasteiger partial charge is 0.478 e. The lowest BCUT2D eigenvalue weighted by Gasteiger charge is -2.15. The molecule has 4 rings (SSSR count). The molecule has 0 atom stereocenters. The average Bonchev–Trinajstić information content (AvgIpc) is 3.41. The number of benzene rings is 2. The summed E-state index contributed by atoms with van der Waals surface area (Å²) in [5.74, 6) is -0.978. The Morgan fingerprint density at radius 1 is 1.04 bits per heavy atom. The van der Waals surface area contributed by atoms with Crippen LogP contribution in [-0.2, 0) is 10.0 Å². The summed E-state index contributed by atoms with van der Waals surface area (Å²) < 4.78 is 26.8. The van der Waals surface area contributed by atoms with E-state index in [0.717, 1.165) is 29.7 Å². The number of carboxylic acid groups (broad SMARTS) is 1. The van der Waals surface area contributed by atoms with Crippen molar-refractivity contribution in [2.75, 3.05) is 13.1 Å². The first-order valence-corrected chi connectivity index (χ1v) is 11.2. The predicted molar refractivity (Wildman–Crippen MR) is 108 cm³/mol. The maximum atomic E-state index is 12.6. The van der Waals surface area contributed by atoms with Gasteiger partial charge in [0.1, 0.15) is 5.01 Å². The molecule has 0 bridgehead atoms. The molecular formula is C20H18N2O4S2. The van der Waals surface area contributed by atoms with Gasteiger partial charge in [-0.15, -0.1) is 11.3 Å². The number of thiazole rings is 1. The van der Waals surface area contributed by atoms with Crippen LogP contribution in [0.15, 0.2) is 58.8 Å². The third-order valence-electron chi connectivity index (χ3n) is 4.71. The molecular weight excluding hydrogens is 396 g/mol. The maximum absolute atomic E-state index is 12.6. The highest BCUT2D eigenvalue weighted by Gasteiger charge is 2.27. The Labute approximate surface area is 167 Å². The fraction of sp³-hybridized carbons (Fsp3) is 0.200. The van der Waals surface area contributed by atoms with Crippen LogP contribution in [0.1, 0.15) is 23.2 Å². The summed E-state index contributed by atoms with van der Waals surface area (Å²) in [6.45, 7) is 1.16. The molecule has 0 radical (unpaired) electrons. The van der Waals surface area contributed by atoms with Gasteiger partial charge in [-0.2, -0.15) is 4.31 Å². The number of aromatic nitrogens is 1. The van der Waals surface area contributed by atoms with Crippen molar-refractivity contribution in [3.63, 3.8) is 0 Å². The number of nitrogens with zero attached hydrogens (tertiary/aromatic N) is 2. The molecule has 8 heteroatoms. The number of carboxylic acids is 1. The molecule has 28 heavy (non-hydrogen) atoms. The minimum absolute atomic E-state index is 0.214. The van der Waals surface area contributed by atoms with Crippen LogP contribution in [0, 0.1) is 0 Å². The first-order chi connectivity index (χ1) is 13.4. The Morgan fingerprint density at radius 2 is 1.75 bits per heavy atom. The summed E-state index contributed by atoms with van der Waals surface area (Å²) in [4.78, 5) is 16.0. The summed E-state index contributed by atoms with van der Waals surface area (Å²) >= 11 is 1.42. The molecule has 1 aromatic heterocycles. The average molecular weight is 415 g/mol. The molecule has 1 saturated heterocycles. The Hall–Kier alpha value is -2.55. The van der Waals surface area contributed by atoms with Crippen LogP contribution in [-0.4, -0.2) is 41.9 Å². The molecule has 1 aliphatic heterocycles. The van der Waals surface area contributed by atoms with Gasteiger partial charge in [0.05, 0.1) is 16.2 Å². The Balaban J connectivity index is 1.59. The van der Waals surface area contributed by atoms with Crippen LogP contribution in [0.5, 0.6) is 0 Å². The molecule has 3 aromatic rings. The number of hydrogen-bond donors (Lipinski definition) is 1. The maximum Gasteiger partial charge on any atom is 0.335 e. The quantitative estimate of drug-likeness (QED) is 0.683. The van der Waals surface area contributed by atoms with E-state index in [1.807, 2.05) is 11.4 Å². The lowest BCUT2D eigenvalue weighted by molar-refractivity contribution is 0.0697. The van der Waals surface area contributed by atoms with Crippen LogP contribution in [0.4, 0.5) is 0 Å². The molecule has 1 N–H and O–H groups in total. The van der Waals surface area contributed by atoms with Crippen molar-refractivity contribution in [1.29, 1.82) is 0 Å². The highest BCUT2D eigenvalue weighted by Crippen LogP contribution is 2.30. The summed E-state index contributed by atoms with van der Waals surface area (Å²) in [6.07, 6.45) is 1.81. The molecule has 0 saturated carbocycles. The molecule has 1 aliphatic rings. The second kappa shape index (κ2) is 7.46. The fourth-order valence-electron chi connectivity index (χ4n) is 3.20. The van der Waals surface area contributed by atoms with E-state index in [0.29, 0.717) is 23.0 Å². The smallest absolute Gasteiger partial charge is 0.335 e. The third kappa shape index (κ3) is 3.58. The standard InChI is InChI=1S/C20H18N2O4S2/c23-20(24)16-5-3-4-15(12-16)19-21-18(13-27-19)14-6-8-17(9-7-14)28(25,26)22-10-1-2-11-22/h3-9,12-13H,1-2,10-11H2,(H,23,24). The van der Waals surface area contributed by atoms with Gasteiger partial charge in [0.2, 0.25) is 10.0 Å². The summed E-state index contributed by atoms with van der Waals surface area (Å²) in [5, 5.41) is 11.7. The highest BCUT2D eigenvalue weighted by atomic mass is 32.2. The SMILES string of the molecule is O=C(O)c1cccc(-c2nc(-c3ccc(S(=O)(=O)N4CCCC4)cc3)cs2)c1. The van der Waals surface area contributed by atoms with Gasteiger partial charge in [0.15, 0.2) is 0 Å². The van der Waals surface area contributed by atoms with Crippen LogP contribution in [0.2, 0.25) is 0 Å². The van der Waals surface area contributed by atoms with E-state index < -0.39 is 16.0 Å². The molecule has 0 spiro atoms. The van der Waals surface area contributed by atoms with Crippen LogP contribution in [0.25, 0.3) is 21.8 Å². The molecule has 6 nitrogen and oxygen atoms in total. The van der Waals surface area contributed by atoms with E-state index >= 15 is 0 Å². The number of aromatic carboxylic acids is 1. The van der Waals surface area contributed by atoms with E-state index in [4.69, 9.17) is 5.11 Å². The van der Waals surface area contributed by atoms with E-state index in [9.17, 15) is 13.2 Å². The van der Waals surface area contributed by atoms with E-state index in [-0.39, 0.29) is 5.56 Å². The van der Waals surface area contributed by atoms with Crippen molar-refractivity contribution < 1.29 is 18.3 Å². The monoisotopic (exact) mass is 414 g/mol. The van der Waals surface area contributed by atoms with Crippen LogP contribution in [0.3, 0.4) is 0 Å². The zero-order valence-corrected chi connectivity index (χ0v) is 16.5. The molecule has 0 aliphatic carbocycles. The van der Waals surface area contributed by atoms with Gasteiger partial charge >= 0.3 is 5.97 Å². The molecule has 1 fully saturated rings. The Bertz CT molecular complexity index is 1120. The lowest BCUT2D eigenvalue weighted by atomic mass is 10.1. The topological polar surface area (TPSA) is 87.6 Å².